The van der Waals surface area contributed by atoms with E-state index in [0.29, 0.717) is 0 Å². The van der Waals surface area contributed by atoms with Gasteiger partial charge in [0.2, 0.25) is 0 Å². The van der Waals surface area contributed by atoms with Crippen molar-refractivity contribution in [2.45, 2.75) is 78.6 Å². The van der Waals surface area contributed by atoms with Gasteiger partial charge in [0, 0.05) is 67.2 Å². The van der Waals surface area contributed by atoms with Crippen LogP contribution in [0.3, 0.4) is 0 Å². The third-order valence-electron chi connectivity index (χ3n) is 15.5. The zero-order valence-electron chi connectivity index (χ0n) is 43.8. The first-order valence-electron chi connectivity index (χ1n) is 26.1. The molecule has 0 saturated carbocycles. The van der Waals surface area contributed by atoms with Gasteiger partial charge in [-0.15, -0.1) is 0 Å². The second-order valence-electron chi connectivity index (χ2n) is 23.5. The Morgan fingerprint density at radius 1 is 0.405 bits per heavy atom. The van der Waals surface area contributed by atoms with E-state index in [4.69, 9.17) is 8.83 Å². The number of fused-ring (bicyclic) bond motifs is 8. The van der Waals surface area contributed by atoms with Gasteiger partial charge in [0.15, 0.2) is 5.58 Å². The summed E-state index contributed by atoms with van der Waals surface area (Å²) in [5, 5.41) is 3.28. The first kappa shape index (κ1) is 45.6. The number of para-hydroxylation sites is 4. The Bertz CT molecular complexity index is 3940. The molecule has 5 nitrogen and oxygen atoms in total. The average molecular weight is 962 g/mol. The SMILES string of the molecule is CC(C)(C)c1ccc(N2c3ccc(C(C)(C)C)cc3B3c4ccc(N(c5ccccc5)c5cccc6c5oc5ccccc56)cc4N(c4ccc(-c5cc6ccccc6o5)cc4)c4cc(C(C)(C)C)cc2c43)cc1. The molecular weight excluding hydrogens is 902 g/mol. The number of anilines is 9. The lowest BCUT2D eigenvalue weighted by Gasteiger charge is -2.45. The maximum absolute atomic E-state index is 6.81. The molecule has 0 amide bonds. The maximum Gasteiger partial charge on any atom is 0.252 e. The Balaban J connectivity index is 1.10. The number of furan rings is 2. The molecule has 74 heavy (non-hydrogen) atoms. The van der Waals surface area contributed by atoms with Crippen LogP contribution in [0.1, 0.15) is 79.0 Å². The Morgan fingerprint density at radius 3 is 1.70 bits per heavy atom. The van der Waals surface area contributed by atoms with Gasteiger partial charge in [0.1, 0.15) is 16.9 Å². The van der Waals surface area contributed by atoms with Crippen molar-refractivity contribution in [2.75, 3.05) is 14.7 Å². The largest absolute Gasteiger partial charge is 0.456 e. The van der Waals surface area contributed by atoms with E-state index in [1.807, 2.05) is 18.2 Å². The van der Waals surface area contributed by atoms with Gasteiger partial charge in [-0.3, -0.25) is 0 Å². The molecule has 0 radical (unpaired) electrons. The standard InChI is InChI=1S/C68H60BN3O2/c1-66(2,3)45-28-33-50(34-29-45)71-56-37-30-46(67(4,5)6)39-55(56)69-54-36-35-51(70(48-19-11-10-12-20-48)57-23-17-22-53-52-21-14-16-25-62(52)74-65(53)57)42-58(54)72(60-41-47(68(7,8)9)40-59(71)64(60)69)49-31-26-43(27-32-49)63-38-44-18-13-15-24-61(44)73-63/h10-42H,1-9H3. The summed E-state index contributed by atoms with van der Waals surface area (Å²) in [7, 11) is 0. The van der Waals surface area contributed by atoms with Crippen LogP contribution in [-0.4, -0.2) is 6.71 Å². The Morgan fingerprint density at radius 2 is 1.01 bits per heavy atom. The van der Waals surface area contributed by atoms with Gasteiger partial charge in [0.05, 0.1) is 5.69 Å². The molecule has 2 aromatic heterocycles. The summed E-state index contributed by atoms with van der Waals surface area (Å²) in [6.07, 6.45) is 0. The van der Waals surface area contributed by atoms with Crippen molar-refractivity contribution >= 4 is 107 Å². The van der Waals surface area contributed by atoms with Gasteiger partial charge in [-0.05, 0) is 152 Å². The van der Waals surface area contributed by atoms with Gasteiger partial charge >= 0.3 is 0 Å². The molecule has 2 aliphatic heterocycles. The lowest BCUT2D eigenvalue weighted by Crippen LogP contribution is -2.61. The van der Waals surface area contributed by atoms with Crippen LogP contribution >= 0.6 is 0 Å². The third-order valence-corrected chi connectivity index (χ3v) is 15.5. The molecule has 0 N–H and O–H groups in total. The molecule has 0 atom stereocenters. The van der Waals surface area contributed by atoms with E-state index in [1.54, 1.807) is 0 Å². The summed E-state index contributed by atoms with van der Waals surface area (Å²) in [5.74, 6) is 0.851. The van der Waals surface area contributed by atoms with Crippen molar-refractivity contribution in [3.8, 4) is 11.3 Å². The highest BCUT2D eigenvalue weighted by Gasteiger charge is 2.45. The van der Waals surface area contributed by atoms with E-state index < -0.39 is 0 Å². The lowest BCUT2D eigenvalue weighted by atomic mass is 9.33. The van der Waals surface area contributed by atoms with Crippen LogP contribution < -0.4 is 31.1 Å². The van der Waals surface area contributed by atoms with Crippen molar-refractivity contribution in [1.82, 2.24) is 0 Å². The molecule has 0 unspecified atom stereocenters. The first-order chi connectivity index (χ1) is 35.6. The molecule has 362 valence electrons. The third kappa shape index (κ3) is 7.44. The predicted octanol–water partition coefficient (Wildman–Crippen LogP) is 17.4. The fourth-order valence-electron chi connectivity index (χ4n) is 11.5. The van der Waals surface area contributed by atoms with E-state index in [9.17, 15) is 0 Å². The highest BCUT2D eigenvalue weighted by Crippen LogP contribution is 2.49. The minimum Gasteiger partial charge on any atom is -0.456 e. The zero-order chi connectivity index (χ0) is 50.8. The zero-order valence-corrected chi connectivity index (χ0v) is 43.8. The average Bonchev–Trinajstić information content (AvgIpc) is 4.01. The maximum atomic E-state index is 6.81. The van der Waals surface area contributed by atoms with E-state index in [1.165, 1.54) is 50.1 Å². The summed E-state index contributed by atoms with van der Waals surface area (Å²) in [5.41, 5.74) is 21.1. The van der Waals surface area contributed by atoms with Gasteiger partial charge < -0.3 is 23.5 Å². The Hall–Kier alpha value is -8.22. The number of nitrogens with zero attached hydrogens (tertiary/aromatic N) is 3. The molecule has 4 heterocycles. The molecule has 11 aromatic rings. The van der Waals surface area contributed by atoms with Crippen molar-refractivity contribution in [1.29, 1.82) is 0 Å². The summed E-state index contributed by atoms with van der Waals surface area (Å²) >= 11 is 0. The van der Waals surface area contributed by atoms with Crippen molar-refractivity contribution < 1.29 is 8.83 Å². The van der Waals surface area contributed by atoms with Gasteiger partial charge in [0.25, 0.3) is 6.71 Å². The monoisotopic (exact) mass is 961 g/mol. The van der Waals surface area contributed by atoms with E-state index in [-0.39, 0.29) is 23.0 Å². The molecule has 0 bridgehead atoms. The molecule has 2 aliphatic rings. The fourth-order valence-corrected chi connectivity index (χ4v) is 11.5. The van der Waals surface area contributed by atoms with Crippen molar-refractivity contribution in [3.63, 3.8) is 0 Å². The lowest BCUT2D eigenvalue weighted by molar-refractivity contribution is 0.589. The Kier molecular flexibility index (Phi) is 10.3. The quantitative estimate of drug-likeness (QED) is 0.155. The molecule has 13 rings (SSSR count). The van der Waals surface area contributed by atoms with Gasteiger partial charge in [-0.1, -0.05) is 159 Å². The smallest absolute Gasteiger partial charge is 0.252 e. The topological polar surface area (TPSA) is 36.0 Å². The number of hydrogen-bond acceptors (Lipinski definition) is 5. The van der Waals surface area contributed by atoms with Crippen LogP contribution in [0.25, 0.3) is 44.2 Å². The molecule has 0 aliphatic carbocycles. The van der Waals surface area contributed by atoms with E-state index in [0.717, 1.165) is 78.4 Å². The van der Waals surface area contributed by atoms with Crippen molar-refractivity contribution in [3.05, 3.63) is 217 Å². The van der Waals surface area contributed by atoms with E-state index in [2.05, 4.69) is 259 Å². The second kappa shape index (κ2) is 16.7. The van der Waals surface area contributed by atoms with Gasteiger partial charge in [-0.2, -0.15) is 0 Å². The van der Waals surface area contributed by atoms with E-state index >= 15 is 0 Å². The molecule has 9 aromatic carbocycles. The van der Waals surface area contributed by atoms with Gasteiger partial charge in [-0.25, -0.2) is 0 Å². The molecule has 6 heteroatoms. The Labute approximate surface area is 435 Å². The summed E-state index contributed by atoms with van der Waals surface area (Å²) in [4.78, 5) is 7.46. The number of rotatable bonds is 6. The number of hydrogen-bond donors (Lipinski definition) is 0. The molecule has 0 fully saturated rings. The number of benzene rings is 9. The van der Waals surface area contributed by atoms with Crippen LogP contribution in [0.5, 0.6) is 0 Å². The van der Waals surface area contributed by atoms with Crippen LogP contribution in [-0.2, 0) is 16.2 Å². The minimum atomic E-state index is -0.173. The highest BCUT2D eigenvalue weighted by atomic mass is 16.3. The van der Waals surface area contributed by atoms with Crippen LogP contribution in [0, 0.1) is 0 Å². The summed E-state index contributed by atoms with van der Waals surface area (Å²) < 4.78 is 13.3. The minimum absolute atomic E-state index is 0.0219. The summed E-state index contributed by atoms with van der Waals surface area (Å²) in [6, 6.07) is 73.6. The van der Waals surface area contributed by atoms with Crippen molar-refractivity contribution in [2.24, 2.45) is 0 Å². The van der Waals surface area contributed by atoms with Crippen LogP contribution in [0.15, 0.2) is 209 Å². The summed E-state index contributed by atoms with van der Waals surface area (Å²) in [6.45, 7) is 20.8. The second-order valence-corrected chi connectivity index (χ2v) is 23.5. The normalized spacial score (nSPS) is 13.4. The predicted molar refractivity (Wildman–Crippen MR) is 314 cm³/mol. The van der Waals surface area contributed by atoms with Crippen LogP contribution in [0.2, 0.25) is 0 Å². The highest BCUT2D eigenvalue weighted by molar-refractivity contribution is 7.00. The molecular formula is C68H60BN3O2. The first-order valence-corrected chi connectivity index (χ1v) is 26.1. The van der Waals surface area contributed by atoms with Crippen LogP contribution in [0.4, 0.5) is 51.2 Å². The fraction of sp³-hybridized carbons (Fsp3) is 0.176. The molecule has 0 saturated heterocycles. The molecule has 0 spiro atoms.